The molecule has 9 aromatic rings. The highest BCUT2D eigenvalue weighted by molar-refractivity contribution is 7.93. The quantitative estimate of drug-likeness (QED) is 0.0702. The fraction of sp³-hybridized carbons (Fsp3) is 0.217. The lowest BCUT2D eigenvalue weighted by Crippen LogP contribution is -2.45. The van der Waals surface area contributed by atoms with Crippen LogP contribution in [0.2, 0.25) is 25.1 Å². The van der Waals surface area contributed by atoms with Gasteiger partial charge in [0.15, 0.2) is 0 Å². The van der Waals surface area contributed by atoms with Crippen LogP contribution in [0.15, 0.2) is 191 Å². The van der Waals surface area contributed by atoms with Gasteiger partial charge in [0.05, 0.1) is 130 Å². The minimum atomic E-state index is -4.68. The lowest BCUT2D eigenvalue weighted by atomic mass is 9.86. The molecule has 6 aromatic carbocycles. The number of aryl methyl sites for hydroxylation is 1. The van der Waals surface area contributed by atoms with Crippen LogP contribution in [0.4, 0.5) is 34.1 Å². The van der Waals surface area contributed by atoms with Crippen LogP contribution in [-0.4, -0.2) is 88.8 Å². The highest BCUT2D eigenvalue weighted by atomic mass is 35.5. The van der Waals surface area contributed by atoms with Crippen molar-refractivity contribution in [3.05, 3.63) is 246 Å². The Bertz CT molecular complexity index is 4890. The number of benzene rings is 6. The van der Waals surface area contributed by atoms with Crippen LogP contribution in [0.25, 0.3) is 0 Å². The number of pyridine rings is 3. The van der Waals surface area contributed by atoms with Crippen molar-refractivity contribution in [1.29, 1.82) is 0 Å². The zero-order valence-corrected chi connectivity index (χ0v) is 57.4. The van der Waals surface area contributed by atoms with Crippen molar-refractivity contribution in [2.24, 2.45) is 0 Å². The van der Waals surface area contributed by atoms with Crippen molar-refractivity contribution in [2.45, 2.75) is 90.4 Å². The molecule has 3 aliphatic heterocycles. The minimum Gasteiger partial charge on any atom is -0.390 e. The summed E-state index contributed by atoms with van der Waals surface area (Å²) in [6.45, 7) is 2.92. The van der Waals surface area contributed by atoms with E-state index in [1.807, 2.05) is 36.4 Å². The number of carbonyl (C=O) groups excluding carboxylic acids is 3. The molecule has 0 aliphatic carbocycles. The van der Waals surface area contributed by atoms with E-state index >= 15 is 8.42 Å². The molecule has 3 aromatic heterocycles. The monoisotopic (exact) mass is 1450 g/mol. The molecule has 0 spiro atoms. The van der Waals surface area contributed by atoms with Crippen molar-refractivity contribution < 1.29 is 44.7 Å². The van der Waals surface area contributed by atoms with Gasteiger partial charge in [-0.05, 0) is 141 Å². The molecule has 5 atom stereocenters. The van der Waals surface area contributed by atoms with E-state index in [0.29, 0.717) is 41.9 Å². The predicted octanol–water partition coefficient (Wildman–Crippen LogP) is 14.2. The Morgan fingerprint density at radius 3 is 1.57 bits per heavy atom. The summed E-state index contributed by atoms with van der Waals surface area (Å²) in [5.41, 5.74) is 3.71. The summed E-state index contributed by atoms with van der Waals surface area (Å²) in [6.07, 6.45) is 4.76. The van der Waals surface area contributed by atoms with Gasteiger partial charge in [0.25, 0.3) is 36.0 Å². The number of β-amino-alcohol motifs (C(OH)–C–C–N with tert-alkyl or cyclic N) is 1. The Labute approximate surface area is 580 Å². The second-order valence-electron chi connectivity index (χ2n) is 23.5. The van der Waals surface area contributed by atoms with Gasteiger partial charge in [0, 0.05) is 34.1 Å². The summed E-state index contributed by atoms with van der Waals surface area (Å²) >= 11 is 33.6. The van der Waals surface area contributed by atoms with Crippen LogP contribution in [-0.2, 0) is 46.1 Å². The molecule has 2 unspecified atom stereocenters. The number of hydrogen-bond acceptors (Lipinski definition) is 13. The highest BCUT2D eigenvalue weighted by Gasteiger charge is 2.43. The van der Waals surface area contributed by atoms with Gasteiger partial charge < -0.3 is 21.1 Å². The summed E-state index contributed by atoms with van der Waals surface area (Å²) in [4.78, 5) is 54.6. The first-order valence-corrected chi connectivity index (χ1v) is 36.7. The number of sulfonamides is 3. The van der Waals surface area contributed by atoms with Crippen LogP contribution >= 0.6 is 58.0 Å². The van der Waals surface area contributed by atoms with Gasteiger partial charge >= 0.3 is 0 Å². The van der Waals surface area contributed by atoms with Gasteiger partial charge in [-0.3, -0.25) is 42.3 Å². The van der Waals surface area contributed by atoms with Crippen molar-refractivity contribution in [1.82, 2.24) is 15.0 Å². The second kappa shape index (κ2) is 27.8. The third kappa shape index (κ3) is 13.5. The van der Waals surface area contributed by atoms with Gasteiger partial charge in [-0.15, -0.1) is 0 Å². The van der Waals surface area contributed by atoms with Crippen molar-refractivity contribution in [3.63, 3.8) is 0 Å². The third-order valence-electron chi connectivity index (χ3n) is 17.4. The standard InChI is InChI=1S/C69H60Cl5N9O10S3/c1-40(42-14-5-3-6-15-42)67(85)78-45-31-59-58(75-36-45)23-9-10-28-81(59)94(88,89)49-24-26-51(56(73)34-49)52-20-13-29-82(60-32-47(37-76-65(52)60)80-69(87)64-54(71)21-12-22-55(64)72)95(90,91)50-25-27-53(57(74)35-50)63-62(84)39-83(96(92,93)48-19-11-18-44(70)30-48)61-33-46(38-77-66(61)63)79-68(86)41(2)43-16-7-4-8-17-43/h3-8,11-12,14-19,21-22,24-27,30-38,40-41,52,62-63,84H,9-10,13,20,23,28-29,39H2,1-2H3,(H,78,85)(H,79,86)(H,80,87)/t40-,41-,52?,62+,63?/m0/s1. The minimum absolute atomic E-state index is 0.00488. The maximum absolute atomic E-state index is 15.5. The van der Waals surface area contributed by atoms with Crippen LogP contribution < -0.4 is 28.9 Å². The lowest BCUT2D eigenvalue weighted by molar-refractivity contribution is -0.118. The maximum atomic E-state index is 15.5. The van der Waals surface area contributed by atoms with E-state index in [4.69, 9.17) is 63.0 Å². The third-order valence-corrected chi connectivity index (χ3v) is 24.3. The van der Waals surface area contributed by atoms with Crippen LogP contribution in [0.1, 0.15) is 113 Å². The Morgan fingerprint density at radius 1 is 0.500 bits per heavy atom. The number of halogens is 5. The number of rotatable bonds is 16. The van der Waals surface area contributed by atoms with E-state index < -0.39 is 78.2 Å². The zero-order valence-electron chi connectivity index (χ0n) is 51.2. The number of hydrogen-bond donors (Lipinski definition) is 4. The molecular formula is C69H60Cl5N9O10S3. The van der Waals surface area contributed by atoms with E-state index in [1.165, 1.54) is 102 Å². The first-order valence-electron chi connectivity index (χ1n) is 30.5. The average molecular weight is 1450 g/mol. The number of aliphatic hydroxyl groups is 1. The molecule has 27 heteroatoms. The molecule has 0 radical (unpaired) electrons. The Hall–Kier alpha value is -8.16. The van der Waals surface area contributed by atoms with Gasteiger partial charge in [0.2, 0.25) is 11.8 Å². The van der Waals surface area contributed by atoms with Gasteiger partial charge in [0.1, 0.15) is 0 Å². The molecule has 4 N–H and O–H groups in total. The summed E-state index contributed by atoms with van der Waals surface area (Å²) in [5.74, 6) is -4.49. The van der Waals surface area contributed by atoms with E-state index in [9.17, 15) is 36.3 Å². The highest BCUT2D eigenvalue weighted by Crippen LogP contribution is 2.47. The Morgan fingerprint density at radius 2 is 0.990 bits per heavy atom. The molecule has 12 rings (SSSR count). The fourth-order valence-corrected chi connectivity index (χ4v) is 18.5. The van der Waals surface area contributed by atoms with Crippen molar-refractivity contribution in [3.8, 4) is 0 Å². The number of nitrogens with one attached hydrogen (secondary N) is 3. The number of fused-ring (bicyclic) bond motifs is 3. The molecular weight excluding hydrogens is 1390 g/mol. The molecule has 6 heterocycles. The summed E-state index contributed by atoms with van der Waals surface area (Å²) in [7, 11) is -13.5. The largest absolute Gasteiger partial charge is 0.390 e. The van der Waals surface area contributed by atoms with E-state index in [1.54, 1.807) is 56.3 Å². The lowest BCUT2D eigenvalue weighted by Gasteiger charge is -2.38. The van der Waals surface area contributed by atoms with E-state index in [-0.39, 0.29) is 117 Å². The fourth-order valence-electron chi connectivity index (χ4n) is 12.3. The molecule has 0 bridgehead atoms. The second-order valence-corrected chi connectivity index (χ2v) is 31.1. The molecule has 494 valence electrons. The smallest absolute Gasteiger partial charge is 0.264 e. The maximum Gasteiger partial charge on any atom is 0.264 e. The Kier molecular flexibility index (Phi) is 19.6. The number of nitrogens with zero attached hydrogens (tertiary/aromatic N) is 6. The zero-order chi connectivity index (χ0) is 68.0. The average Bonchev–Trinajstić information content (AvgIpc) is 0.987. The van der Waals surface area contributed by atoms with Gasteiger partial charge in [-0.1, -0.05) is 143 Å². The van der Waals surface area contributed by atoms with E-state index in [2.05, 4.69) is 25.9 Å². The topological polar surface area (TPSA) is 258 Å². The first-order chi connectivity index (χ1) is 45.9. The van der Waals surface area contributed by atoms with Crippen molar-refractivity contribution >= 4 is 140 Å². The number of anilines is 6. The number of aromatic nitrogens is 3. The summed E-state index contributed by atoms with van der Waals surface area (Å²) < 4.78 is 93.5. The van der Waals surface area contributed by atoms with Gasteiger partial charge in [-0.2, -0.15) is 0 Å². The molecule has 3 amide bonds. The molecule has 3 aliphatic rings. The van der Waals surface area contributed by atoms with Crippen LogP contribution in [0.3, 0.4) is 0 Å². The van der Waals surface area contributed by atoms with Gasteiger partial charge in [-0.25, -0.2) is 25.3 Å². The molecule has 0 saturated heterocycles. The molecule has 0 fully saturated rings. The number of amides is 3. The van der Waals surface area contributed by atoms with Crippen molar-refractivity contribution in [2.75, 3.05) is 48.5 Å². The summed E-state index contributed by atoms with van der Waals surface area (Å²) in [6, 6.07) is 41.2. The Balaban J connectivity index is 0.881. The number of aliphatic hydroxyl groups excluding tert-OH is 1. The molecule has 19 nitrogen and oxygen atoms in total. The SMILES string of the molecule is C[C@H](C(=O)Nc1cnc2c(c1)N(S(=O)(=O)c1ccc(C3CCCN(S(=O)(=O)c4ccc(C5c6ncc(NC(=O)[C@@H](C)c7ccccc7)cc6N(S(=O)(=O)c6cccc(Cl)c6)C[C@H]5O)c(Cl)c4)c4cc(NC(=O)c5c(Cl)cccc5Cl)cnc43)c(Cl)c1)CCCC2)c1ccccc1. The first kappa shape index (κ1) is 67.8. The van der Waals surface area contributed by atoms with Crippen LogP contribution in [0, 0.1) is 0 Å². The molecule has 0 saturated carbocycles. The number of carbonyl (C=O) groups is 3. The summed E-state index contributed by atoms with van der Waals surface area (Å²) in [5, 5.41) is 20.8. The van der Waals surface area contributed by atoms with E-state index in [0.717, 1.165) is 19.7 Å². The predicted molar refractivity (Wildman–Crippen MR) is 374 cm³/mol. The molecule has 96 heavy (non-hydrogen) atoms. The normalized spacial score (nSPS) is 17.2. The van der Waals surface area contributed by atoms with Crippen LogP contribution in [0.5, 0.6) is 0 Å².